The van der Waals surface area contributed by atoms with E-state index in [1.807, 2.05) is 45.0 Å². The van der Waals surface area contributed by atoms with Gasteiger partial charge in [-0.05, 0) is 81.0 Å². The van der Waals surface area contributed by atoms with Gasteiger partial charge in [0, 0.05) is 60.4 Å². The zero-order valence-corrected chi connectivity index (χ0v) is 22.0. The molecule has 0 saturated carbocycles. The van der Waals surface area contributed by atoms with Crippen LogP contribution in [0.3, 0.4) is 0 Å². The Hall–Kier alpha value is -3.71. The van der Waals surface area contributed by atoms with E-state index in [1.165, 1.54) is 0 Å². The van der Waals surface area contributed by atoms with Crippen molar-refractivity contribution in [3.8, 4) is 11.1 Å². The molecule has 0 atom stereocenters. The molecule has 1 aromatic heterocycles. The molecule has 2 aromatic carbocycles. The lowest BCUT2D eigenvalue weighted by Gasteiger charge is -2.37. The molecule has 1 aliphatic rings. The Bertz CT molecular complexity index is 1340. The van der Waals surface area contributed by atoms with Crippen molar-refractivity contribution in [2.75, 3.05) is 24.7 Å². The molecule has 1 fully saturated rings. The minimum absolute atomic E-state index is 0.144. The van der Waals surface area contributed by atoms with Gasteiger partial charge in [-0.15, -0.1) is 0 Å². The predicted molar refractivity (Wildman–Crippen MR) is 147 cm³/mol. The first-order valence-corrected chi connectivity index (χ1v) is 12.8. The van der Waals surface area contributed by atoms with Gasteiger partial charge in [-0.25, -0.2) is 0 Å². The molecule has 0 spiro atoms. The number of anilines is 1. The number of rotatable bonds is 8. The summed E-state index contributed by atoms with van der Waals surface area (Å²) in [6.45, 7) is 10.2. The van der Waals surface area contributed by atoms with Crippen LogP contribution in [0.5, 0.6) is 0 Å². The maximum Gasteiger partial charge on any atom is 0.253 e. The van der Waals surface area contributed by atoms with Crippen molar-refractivity contribution in [2.24, 2.45) is 0 Å². The molecule has 0 bridgehead atoms. The topological polar surface area (TPSA) is 91.5 Å². The molecule has 7 heteroatoms. The summed E-state index contributed by atoms with van der Waals surface area (Å²) in [6.07, 6.45) is 2.69. The quantitative estimate of drug-likeness (QED) is 0.436. The summed E-state index contributed by atoms with van der Waals surface area (Å²) in [6, 6.07) is 13.6. The Kier molecular flexibility index (Phi) is 8.24. The molecule has 2 heterocycles. The summed E-state index contributed by atoms with van der Waals surface area (Å²) in [7, 11) is 0. The lowest BCUT2D eigenvalue weighted by molar-refractivity contribution is 0.0846. The van der Waals surface area contributed by atoms with E-state index in [0.29, 0.717) is 22.7 Å². The summed E-state index contributed by atoms with van der Waals surface area (Å²) < 4.78 is 5.59. The van der Waals surface area contributed by atoms with Gasteiger partial charge in [0.15, 0.2) is 0 Å². The fourth-order valence-corrected chi connectivity index (χ4v) is 5.14. The van der Waals surface area contributed by atoms with Crippen molar-refractivity contribution in [3.63, 3.8) is 0 Å². The van der Waals surface area contributed by atoms with Gasteiger partial charge in [0.2, 0.25) is 0 Å². The van der Waals surface area contributed by atoms with Gasteiger partial charge in [0.05, 0.1) is 0 Å². The van der Waals surface area contributed by atoms with E-state index >= 15 is 0 Å². The number of benzene rings is 2. The summed E-state index contributed by atoms with van der Waals surface area (Å²) in [4.78, 5) is 42.4. The van der Waals surface area contributed by atoms with E-state index in [0.717, 1.165) is 72.5 Å². The first kappa shape index (κ1) is 26.4. The molecular weight excluding hydrogens is 466 g/mol. The molecule has 0 unspecified atom stereocenters. The van der Waals surface area contributed by atoms with Gasteiger partial charge in [-0.3, -0.25) is 14.4 Å². The Morgan fingerprint density at radius 2 is 1.78 bits per heavy atom. The highest BCUT2D eigenvalue weighted by Gasteiger charge is 2.25. The molecule has 37 heavy (non-hydrogen) atoms. The Balaban J connectivity index is 1.74. The van der Waals surface area contributed by atoms with E-state index in [1.54, 1.807) is 12.1 Å². The van der Waals surface area contributed by atoms with E-state index in [4.69, 9.17) is 4.74 Å². The lowest BCUT2D eigenvalue weighted by atomic mass is 9.95. The molecular formula is C30H35N3O4. The fourth-order valence-electron chi connectivity index (χ4n) is 5.14. The molecule has 1 aliphatic heterocycles. The molecule has 4 rings (SSSR count). The van der Waals surface area contributed by atoms with Crippen LogP contribution in [0.4, 0.5) is 5.69 Å². The second-order valence-electron chi connectivity index (χ2n) is 9.66. The average Bonchev–Trinajstić information content (AvgIpc) is 2.90. The first-order chi connectivity index (χ1) is 17.8. The van der Waals surface area contributed by atoms with Crippen LogP contribution in [0, 0.1) is 20.8 Å². The highest BCUT2D eigenvalue weighted by molar-refractivity contribution is 5.99. The van der Waals surface area contributed by atoms with Gasteiger partial charge in [0.25, 0.3) is 11.5 Å². The van der Waals surface area contributed by atoms with Crippen molar-refractivity contribution in [1.82, 2.24) is 10.3 Å². The third-order valence-electron chi connectivity index (χ3n) is 7.21. The molecule has 2 N–H and O–H groups in total. The summed E-state index contributed by atoms with van der Waals surface area (Å²) in [5.41, 5.74) is 6.91. The maximum atomic E-state index is 13.5. The van der Waals surface area contributed by atoms with Crippen molar-refractivity contribution >= 4 is 17.9 Å². The zero-order valence-electron chi connectivity index (χ0n) is 22.0. The number of ether oxygens (including phenoxy) is 1. The van der Waals surface area contributed by atoms with Gasteiger partial charge < -0.3 is 19.9 Å². The van der Waals surface area contributed by atoms with Crippen molar-refractivity contribution in [1.29, 1.82) is 0 Å². The Morgan fingerprint density at radius 3 is 2.41 bits per heavy atom. The second kappa shape index (κ2) is 11.6. The Morgan fingerprint density at radius 1 is 1.08 bits per heavy atom. The van der Waals surface area contributed by atoms with Crippen LogP contribution >= 0.6 is 0 Å². The third kappa shape index (κ3) is 5.83. The monoisotopic (exact) mass is 501 g/mol. The van der Waals surface area contributed by atoms with Gasteiger partial charge in [-0.2, -0.15) is 0 Å². The largest absolute Gasteiger partial charge is 0.381 e. The number of hydrogen-bond acceptors (Lipinski definition) is 5. The molecule has 0 radical (unpaired) electrons. The highest BCUT2D eigenvalue weighted by Crippen LogP contribution is 2.34. The SMILES string of the molecule is CCN(c1cc(-c2ccc(C=O)cc2)cc(C(=O)NCc2c(C)cc(C)[nH]c2=O)c1C)C1CCOCC1. The van der Waals surface area contributed by atoms with Gasteiger partial charge in [-0.1, -0.05) is 24.3 Å². The number of amides is 1. The summed E-state index contributed by atoms with van der Waals surface area (Å²) in [5, 5.41) is 2.97. The van der Waals surface area contributed by atoms with Crippen LogP contribution in [0.2, 0.25) is 0 Å². The summed E-state index contributed by atoms with van der Waals surface area (Å²) in [5.74, 6) is -0.229. The highest BCUT2D eigenvalue weighted by atomic mass is 16.5. The van der Waals surface area contributed by atoms with Crippen molar-refractivity contribution < 1.29 is 14.3 Å². The first-order valence-electron chi connectivity index (χ1n) is 12.8. The number of nitrogens with zero attached hydrogens (tertiary/aromatic N) is 1. The van der Waals surface area contributed by atoms with E-state index < -0.39 is 0 Å². The lowest BCUT2D eigenvalue weighted by Crippen LogP contribution is -2.40. The number of hydrogen-bond donors (Lipinski definition) is 2. The van der Waals surface area contributed by atoms with E-state index in [-0.39, 0.29) is 18.0 Å². The number of H-pyrrole nitrogens is 1. The van der Waals surface area contributed by atoms with Crippen LogP contribution in [0.15, 0.2) is 47.3 Å². The number of pyridine rings is 1. The minimum Gasteiger partial charge on any atom is -0.381 e. The number of aryl methyl sites for hydroxylation is 2. The molecule has 1 saturated heterocycles. The zero-order chi connectivity index (χ0) is 26.5. The number of carbonyl (C=O) groups excluding carboxylic acids is 2. The number of aromatic nitrogens is 1. The summed E-state index contributed by atoms with van der Waals surface area (Å²) >= 11 is 0. The van der Waals surface area contributed by atoms with E-state index in [9.17, 15) is 14.4 Å². The van der Waals surface area contributed by atoms with Crippen LogP contribution in [0.1, 0.15) is 62.9 Å². The van der Waals surface area contributed by atoms with Crippen molar-refractivity contribution in [3.05, 3.63) is 86.3 Å². The van der Waals surface area contributed by atoms with Crippen LogP contribution < -0.4 is 15.8 Å². The molecule has 7 nitrogen and oxygen atoms in total. The predicted octanol–water partition coefficient (Wildman–Crippen LogP) is 4.71. The average molecular weight is 502 g/mol. The number of carbonyl (C=O) groups is 2. The number of aromatic amines is 1. The van der Waals surface area contributed by atoms with Crippen LogP contribution in [-0.4, -0.2) is 43.0 Å². The second-order valence-corrected chi connectivity index (χ2v) is 9.66. The molecule has 0 aliphatic carbocycles. The standard InChI is InChI=1S/C30H35N3O4/c1-5-33(25-10-12-37-13-11-25)28-16-24(23-8-6-22(18-34)7-9-23)15-26(21(28)4)29(35)31-17-27-19(2)14-20(3)32-30(27)36/h6-9,14-16,18,25H,5,10-13,17H2,1-4H3,(H,31,35)(H,32,36). The molecule has 3 aromatic rings. The minimum atomic E-state index is -0.229. The molecule has 1 amide bonds. The van der Waals surface area contributed by atoms with Crippen molar-refractivity contribution in [2.45, 2.75) is 53.1 Å². The normalized spacial score (nSPS) is 13.8. The fraction of sp³-hybridized carbons (Fsp3) is 0.367. The molecule has 194 valence electrons. The van der Waals surface area contributed by atoms with Crippen LogP contribution in [-0.2, 0) is 11.3 Å². The smallest absolute Gasteiger partial charge is 0.253 e. The maximum absolute atomic E-state index is 13.5. The van der Waals surface area contributed by atoms with Crippen LogP contribution in [0.25, 0.3) is 11.1 Å². The Labute approximate surface area is 217 Å². The number of nitrogens with one attached hydrogen (secondary N) is 2. The van der Waals surface area contributed by atoms with Gasteiger partial charge in [0.1, 0.15) is 6.29 Å². The third-order valence-corrected chi connectivity index (χ3v) is 7.21. The number of aldehydes is 1. The van der Waals surface area contributed by atoms with Gasteiger partial charge >= 0.3 is 0 Å². The van der Waals surface area contributed by atoms with E-state index in [2.05, 4.69) is 28.2 Å².